The molecule has 2 N–H and O–H groups in total. The van der Waals surface area contributed by atoms with Gasteiger partial charge < -0.3 is 10.6 Å². The van der Waals surface area contributed by atoms with Crippen molar-refractivity contribution < 1.29 is 9.59 Å². The Morgan fingerprint density at radius 3 is 2.20 bits per heavy atom. The number of rotatable bonds is 6. The third-order valence-electron chi connectivity index (χ3n) is 3.90. The van der Waals surface area contributed by atoms with Crippen LogP contribution in [0.2, 0.25) is 5.02 Å². The quantitative estimate of drug-likeness (QED) is 0.771. The predicted octanol–water partition coefficient (Wildman–Crippen LogP) is 4.90. The normalized spacial score (nSPS) is 11.0. The molecule has 25 heavy (non-hydrogen) atoms. The molecule has 5 heteroatoms. The van der Waals surface area contributed by atoms with Crippen LogP contribution in [-0.2, 0) is 16.0 Å². The molecule has 2 rings (SSSR count). The maximum atomic E-state index is 12.7. The number of amides is 2. The molecule has 0 heterocycles. The van der Waals surface area contributed by atoms with Crippen LogP contribution in [0.3, 0.4) is 0 Å². The zero-order valence-electron chi connectivity index (χ0n) is 14.7. The molecule has 0 spiro atoms. The fraction of sp³-hybridized carbons (Fsp3) is 0.300. The summed E-state index contributed by atoms with van der Waals surface area (Å²) in [6, 6.07) is 14.7. The van der Waals surface area contributed by atoms with Gasteiger partial charge in [-0.1, -0.05) is 50.6 Å². The summed E-state index contributed by atoms with van der Waals surface area (Å²) in [5.74, 6) is -0.145. The number of carbonyl (C=O) groups is 2. The Bertz CT molecular complexity index is 755. The van der Waals surface area contributed by atoms with Gasteiger partial charge in [0, 0.05) is 28.2 Å². The van der Waals surface area contributed by atoms with E-state index < -0.39 is 5.41 Å². The van der Waals surface area contributed by atoms with Crippen molar-refractivity contribution in [3.8, 4) is 0 Å². The molecular weight excluding hydrogens is 336 g/mol. The SMILES string of the molecule is CCC(=O)Nc1cccc(NC(=O)C(C)(C)Cc2ccc(Cl)cc2)c1. The van der Waals surface area contributed by atoms with Crippen LogP contribution in [-0.4, -0.2) is 11.8 Å². The molecule has 0 bridgehead atoms. The molecule has 0 radical (unpaired) electrons. The first-order valence-corrected chi connectivity index (χ1v) is 8.64. The average molecular weight is 359 g/mol. The molecule has 0 saturated heterocycles. The minimum atomic E-state index is -0.587. The highest BCUT2D eigenvalue weighted by Gasteiger charge is 2.28. The zero-order chi connectivity index (χ0) is 18.4. The number of nitrogens with one attached hydrogen (secondary N) is 2. The van der Waals surface area contributed by atoms with E-state index in [1.165, 1.54) is 0 Å². The van der Waals surface area contributed by atoms with Gasteiger partial charge in [-0.25, -0.2) is 0 Å². The van der Waals surface area contributed by atoms with Crippen molar-refractivity contribution in [3.63, 3.8) is 0 Å². The molecule has 0 aliphatic heterocycles. The van der Waals surface area contributed by atoms with Gasteiger partial charge in [-0.3, -0.25) is 9.59 Å². The van der Waals surface area contributed by atoms with Gasteiger partial charge in [-0.2, -0.15) is 0 Å². The molecule has 132 valence electrons. The molecule has 2 aromatic carbocycles. The van der Waals surface area contributed by atoms with E-state index in [0.29, 0.717) is 29.2 Å². The number of halogens is 1. The Balaban J connectivity index is 2.05. The molecule has 0 aliphatic carbocycles. The first-order chi connectivity index (χ1) is 11.8. The van der Waals surface area contributed by atoms with Gasteiger partial charge in [0.05, 0.1) is 0 Å². The van der Waals surface area contributed by atoms with E-state index in [1.807, 2.05) is 38.1 Å². The van der Waals surface area contributed by atoms with Crippen molar-refractivity contribution in [3.05, 3.63) is 59.1 Å². The summed E-state index contributed by atoms with van der Waals surface area (Å²) in [5.41, 5.74) is 1.79. The van der Waals surface area contributed by atoms with Crippen LogP contribution in [0.5, 0.6) is 0 Å². The molecule has 4 nitrogen and oxygen atoms in total. The highest BCUT2D eigenvalue weighted by atomic mass is 35.5. The summed E-state index contributed by atoms with van der Waals surface area (Å²) in [7, 11) is 0. The maximum Gasteiger partial charge on any atom is 0.230 e. The second-order valence-corrected chi connectivity index (χ2v) is 7.06. The van der Waals surface area contributed by atoms with Gasteiger partial charge in [0.1, 0.15) is 0 Å². The highest BCUT2D eigenvalue weighted by Crippen LogP contribution is 2.26. The molecule has 2 amide bonds. The van der Waals surface area contributed by atoms with Crippen molar-refractivity contribution in [2.75, 3.05) is 10.6 Å². The van der Waals surface area contributed by atoms with Gasteiger partial charge >= 0.3 is 0 Å². The Labute approximate surface area is 153 Å². The van der Waals surface area contributed by atoms with Gasteiger partial charge in [0.2, 0.25) is 11.8 Å². The van der Waals surface area contributed by atoms with Crippen LogP contribution in [0.25, 0.3) is 0 Å². The fourth-order valence-corrected chi connectivity index (χ4v) is 2.54. The average Bonchev–Trinajstić information content (AvgIpc) is 2.57. The molecule has 0 unspecified atom stereocenters. The summed E-state index contributed by atoms with van der Waals surface area (Å²) < 4.78 is 0. The second-order valence-electron chi connectivity index (χ2n) is 6.62. The summed E-state index contributed by atoms with van der Waals surface area (Å²) in [5, 5.41) is 6.39. The van der Waals surface area contributed by atoms with E-state index in [9.17, 15) is 9.59 Å². The third-order valence-corrected chi connectivity index (χ3v) is 4.15. The van der Waals surface area contributed by atoms with Crippen LogP contribution >= 0.6 is 11.6 Å². The van der Waals surface area contributed by atoms with Crippen molar-refractivity contribution in [1.29, 1.82) is 0 Å². The van der Waals surface area contributed by atoms with Crippen molar-refractivity contribution >= 4 is 34.8 Å². The van der Waals surface area contributed by atoms with Crippen LogP contribution in [0.1, 0.15) is 32.8 Å². The van der Waals surface area contributed by atoms with Gasteiger partial charge in [-0.05, 0) is 42.3 Å². The van der Waals surface area contributed by atoms with E-state index in [4.69, 9.17) is 11.6 Å². The van der Waals surface area contributed by atoms with Crippen LogP contribution < -0.4 is 10.6 Å². The van der Waals surface area contributed by atoms with E-state index >= 15 is 0 Å². The number of hydrogen-bond acceptors (Lipinski definition) is 2. The molecule has 0 aliphatic rings. The summed E-state index contributed by atoms with van der Waals surface area (Å²) in [4.78, 5) is 24.2. The summed E-state index contributed by atoms with van der Waals surface area (Å²) in [6.45, 7) is 5.60. The van der Waals surface area contributed by atoms with Crippen LogP contribution in [0.4, 0.5) is 11.4 Å². The molecule has 2 aromatic rings. The Morgan fingerprint density at radius 2 is 1.60 bits per heavy atom. The van der Waals surface area contributed by atoms with Crippen molar-refractivity contribution in [2.24, 2.45) is 5.41 Å². The monoisotopic (exact) mass is 358 g/mol. The zero-order valence-corrected chi connectivity index (χ0v) is 15.5. The fourth-order valence-electron chi connectivity index (χ4n) is 2.42. The highest BCUT2D eigenvalue weighted by molar-refractivity contribution is 6.30. The van der Waals surface area contributed by atoms with E-state index in [2.05, 4.69) is 10.6 Å². The van der Waals surface area contributed by atoms with Crippen LogP contribution in [0, 0.1) is 5.41 Å². The van der Waals surface area contributed by atoms with E-state index in [0.717, 1.165) is 5.56 Å². The topological polar surface area (TPSA) is 58.2 Å². The van der Waals surface area contributed by atoms with Crippen molar-refractivity contribution in [2.45, 2.75) is 33.6 Å². The standard InChI is InChI=1S/C20H23ClN2O2/c1-4-18(24)22-16-6-5-7-17(12-16)23-19(25)20(2,3)13-14-8-10-15(21)11-9-14/h5-12H,4,13H2,1-3H3,(H,22,24)(H,23,25). The Kier molecular flexibility index (Phi) is 6.21. The van der Waals surface area contributed by atoms with E-state index in [-0.39, 0.29) is 11.8 Å². The second kappa shape index (κ2) is 8.17. The molecule has 0 aromatic heterocycles. The van der Waals surface area contributed by atoms with Crippen molar-refractivity contribution in [1.82, 2.24) is 0 Å². The lowest BCUT2D eigenvalue weighted by atomic mass is 9.84. The lowest BCUT2D eigenvalue weighted by Crippen LogP contribution is -2.32. The van der Waals surface area contributed by atoms with Gasteiger partial charge in [0.15, 0.2) is 0 Å². The third kappa shape index (κ3) is 5.61. The largest absolute Gasteiger partial charge is 0.326 e. The lowest BCUT2D eigenvalue weighted by molar-refractivity contribution is -0.124. The Hall–Kier alpha value is -2.33. The minimum Gasteiger partial charge on any atom is -0.326 e. The minimum absolute atomic E-state index is 0.0634. The smallest absolute Gasteiger partial charge is 0.230 e. The van der Waals surface area contributed by atoms with Gasteiger partial charge in [0.25, 0.3) is 0 Å². The summed E-state index contributed by atoms with van der Waals surface area (Å²) in [6.07, 6.45) is 1.01. The number of anilines is 2. The maximum absolute atomic E-state index is 12.7. The number of carbonyl (C=O) groups excluding carboxylic acids is 2. The first kappa shape index (κ1) is 19.0. The Morgan fingerprint density at radius 1 is 1.00 bits per heavy atom. The van der Waals surface area contributed by atoms with E-state index in [1.54, 1.807) is 31.2 Å². The predicted molar refractivity (Wildman–Crippen MR) is 103 cm³/mol. The molecule has 0 fully saturated rings. The van der Waals surface area contributed by atoms with Gasteiger partial charge in [-0.15, -0.1) is 0 Å². The molecular formula is C20H23ClN2O2. The van der Waals surface area contributed by atoms with Crippen LogP contribution in [0.15, 0.2) is 48.5 Å². The molecule has 0 atom stereocenters. The summed E-state index contributed by atoms with van der Waals surface area (Å²) >= 11 is 5.90. The number of benzene rings is 2. The lowest BCUT2D eigenvalue weighted by Gasteiger charge is -2.24. The first-order valence-electron chi connectivity index (χ1n) is 8.26. The number of hydrogen-bond donors (Lipinski definition) is 2. The molecule has 0 saturated carbocycles.